The normalized spacial score (nSPS) is 13.2. The number of thiazole rings is 1. The Kier molecular flexibility index (Phi) is 7.36. The van der Waals surface area contributed by atoms with Gasteiger partial charge in [0.2, 0.25) is 0 Å². The van der Waals surface area contributed by atoms with E-state index in [2.05, 4.69) is 20.3 Å². The zero-order chi connectivity index (χ0) is 22.4. The van der Waals surface area contributed by atoms with Gasteiger partial charge >= 0.3 is 0 Å². The lowest BCUT2D eigenvalue weighted by Gasteiger charge is -2.13. The lowest BCUT2D eigenvalue weighted by molar-refractivity contribution is 0.102. The molecular formula is C23H22F2N4OS. The maximum atomic E-state index is 14.3. The van der Waals surface area contributed by atoms with Gasteiger partial charge < -0.3 is 5.32 Å². The molecule has 8 heteroatoms. The quantitative estimate of drug-likeness (QED) is 0.485. The van der Waals surface area contributed by atoms with Crippen molar-refractivity contribution in [2.24, 2.45) is 10.9 Å². The zero-order valence-electron chi connectivity index (χ0n) is 17.4. The van der Waals surface area contributed by atoms with Crippen LogP contribution in [0.3, 0.4) is 0 Å². The first-order chi connectivity index (χ1) is 14.9. The van der Waals surface area contributed by atoms with E-state index in [4.69, 9.17) is 0 Å². The second-order valence-corrected chi connectivity index (χ2v) is 7.87. The number of nitrogens with zero attached hydrogens (tertiary/aromatic N) is 3. The summed E-state index contributed by atoms with van der Waals surface area (Å²) in [7, 11) is 1.61. The van der Waals surface area contributed by atoms with Crippen molar-refractivity contribution in [3.05, 3.63) is 82.8 Å². The van der Waals surface area contributed by atoms with Crippen LogP contribution in [-0.2, 0) is 0 Å². The third-order valence-electron chi connectivity index (χ3n) is 4.83. The van der Waals surface area contributed by atoms with Gasteiger partial charge in [0.25, 0.3) is 5.91 Å². The molecule has 2 aromatic heterocycles. The smallest absolute Gasteiger partial charge is 0.259 e. The van der Waals surface area contributed by atoms with Gasteiger partial charge in [0.15, 0.2) is 5.82 Å². The van der Waals surface area contributed by atoms with E-state index in [0.717, 1.165) is 18.2 Å². The molecular weight excluding hydrogens is 418 g/mol. The van der Waals surface area contributed by atoms with Gasteiger partial charge in [-0.15, -0.1) is 0 Å². The number of allylic oxidation sites excluding steroid dienone is 2. The van der Waals surface area contributed by atoms with Gasteiger partial charge in [-0.3, -0.25) is 14.8 Å². The summed E-state index contributed by atoms with van der Waals surface area (Å²) in [6.45, 7) is 4.10. The minimum atomic E-state index is -0.696. The molecule has 2 heterocycles. The average Bonchev–Trinajstić information content (AvgIpc) is 3.23. The van der Waals surface area contributed by atoms with Crippen molar-refractivity contribution in [1.29, 1.82) is 0 Å². The number of carbonyl (C=O) groups is 1. The molecule has 1 unspecified atom stereocenters. The number of hydrogen-bond acceptors (Lipinski definition) is 5. The van der Waals surface area contributed by atoms with Gasteiger partial charge in [-0.2, -0.15) is 0 Å². The Morgan fingerprint density at radius 2 is 1.97 bits per heavy atom. The predicted molar refractivity (Wildman–Crippen MR) is 121 cm³/mol. The number of anilines is 1. The van der Waals surface area contributed by atoms with Crippen LogP contribution >= 0.6 is 11.3 Å². The summed E-state index contributed by atoms with van der Waals surface area (Å²) in [5.41, 5.74) is 1.70. The minimum Gasteiger partial charge on any atom is -0.312 e. The molecule has 5 nitrogen and oxygen atoms in total. The van der Waals surface area contributed by atoms with Crippen LogP contribution < -0.4 is 5.32 Å². The summed E-state index contributed by atoms with van der Waals surface area (Å²) in [5.74, 6) is -1.50. The first kappa shape index (κ1) is 22.4. The highest BCUT2D eigenvalue weighted by Gasteiger charge is 2.18. The average molecular weight is 441 g/mol. The Morgan fingerprint density at radius 1 is 1.19 bits per heavy atom. The molecule has 0 aliphatic heterocycles. The molecule has 0 spiro atoms. The molecule has 3 rings (SSSR count). The fraction of sp³-hybridized carbons (Fsp3) is 0.217. The lowest BCUT2D eigenvalue weighted by atomic mass is 9.96. The molecule has 0 saturated heterocycles. The molecule has 0 aliphatic rings. The van der Waals surface area contributed by atoms with Crippen molar-refractivity contribution in [3.8, 4) is 0 Å². The summed E-state index contributed by atoms with van der Waals surface area (Å²) in [6, 6.07) is 7.78. The largest absolute Gasteiger partial charge is 0.312 e. The standard InChI is InChI=1S/C23H22F2N4OS/c1-4-14(2)17(11-20(26-3)15-7-5-6-8-18(15)24)23-28-13-21(31-23)29-22(30)16-9-10-27-12-19(16)25/h5-14H,4H2,1-3H3,(H,29,30)/b17-11+,26-20?. The third kappa shape index (κ3) is 5.27. The topological polar surface area (TPSA) is 67.2 Å². The number of hydrogen-bond donors (Lipinski definition) is 1. The molecule has 31 heavy (non-hydrogen) atoms. The van der Waals surface area contributed by atoms with Crippen LogP contribution in [0.2, 0.25) is 0 Å². The van der Waals surface area contributed by atoms with Crippen LogP contribution in [0.25, 0.3) is 5.57 Å². The molecule has 1 aromatic carbocycles. The van der Waals surface area contributed by atoms with Crippen molar-refractivity contribution < 1.29 is 13.6 Å². The summed E-state index contributed by atoms with van der Waals surface area (Å²) in [5, 5.41) is 3.83. The molecule has 1 atom stereocenters. The predicted octanol–water partition coefficient (Wildman–Crippen LogP) is 5.62. The molecule has 160 valence electrons. The van der Waals surface area contributed by atoms with Crippen LogP contribution in [0.15, 0.2) is 60.0 Å². The summed E-state index contributed by atoms with van der Waals surface area (Å²) >= 11 is 1.27. The number of benzene rings is 1. The number of pyridine rings is 1. The first-order valence-corrected chi connectivity index (χ1v) is 10.6. The molecule has 3 aromatic rings. The Labute approximate surface area is 183 Å². The highest BCUT2D eigenvalue weighted by molar-refractivity contribution is 7.16. The number of halogens is 2. The summed E-state index contributed by atoms with van der Waals surface area (Å²) in [6.07, 6.45) is 6.54. The number of amides is 1. The van der Waals surface area contributed by atoms with Crippen LogP contribution in [-0.4, -0.2) is 28.6 Å². The highest BCUT2D eigenvalue weighted by atomic mass is 32.1. The van der Waals surface area contributed by atoms with Gasteiger partial charge in [-0.1, -0.05) is 37.3 Å². The zero-order valence-corrected chi connectivity index (χ0v) is 18.2. The SMILES string of the molecule is CCC(C)/C(=C\C(=NC)c1ccccc1F)c1ncc(NC(=O)c2ccncc2F)s1. The molecule has 0 saturated carbocycles. The number of carbonyl (C=O) groups excluding carboxylic acids is 1. The van der Waals surface area contributed by atoms with Crippen LogP contribution in [0.4, 0.5) is 13.8 Å². The second kappa shape index (κ2) is 10.2. The monoisotopic (exact) mass is 440 g/mol. The highest BCUT2D eigenvalue weighted by Crippen LogP contribution is 2.32. The Balaban J connectivity index is 1.91. The number of rotatable bonds is 7. The van der Waals surface area contributed by atoms with Gasteiger partial charge in [-0.25, -0.2) is 13.8 Å². The van der Waals surface area contributed by atoms with Crippen molar-refractivity contribution in [1.82, 2.24) is 9.97 Å². The number of aromatic nitrogens is 2. The van der Waals surface area contributed by atoms with E-state index in [1.165, 1.54) is 35.9 Å². The lowest BCUT2D eigenvalue weighted by Crippen LogP contribution is -2.12. The van der Waals surface area contributed by atoms with Gasteiger partial charge in [0, 0.05) is 18.8 Å². The van der Waals surface area contributed by atoms with Crippen LogP contribution in [0, 0.1) is 17.6 Å². The van der Waals surface area contributed by atoms with Crippen molar-refractivity contribution in [2.45, 2.75) is 20.3 Å². The van der Waals surface area contributed by atoms with Crippen LogP contribution in [0.1, 0.15) is 41.2 Å². The second-order valence-electron chi connectivity index (χ2n) is 6.84. The van der Waals surface area contributed by atoms with E-state index in [-0.39, 0.29) is 17.3 Å². The third-order valence-corrected chi connectivity index (χ3v) is 5.79. The fourth-order valence-electron chi connectivity index (χ4n) is 2.92. The molecule has 0 fully saturated rings. The van der Waals surface area contributed by atoms with Crippen molar-refractivity contribution in [2.75, 3.05) is 12.4 Å². The molecule has 1 amide bonds. The molecule has 0 bridgehead atoms. The number of aliphatic imine (C=N–C) groups is 1. The van der Waals surface area contributed by atoms with E-state index in [1.54, 1.807) is 25.2 Å². The van der Waals surface area contributed by atoms with Gasteiger partial charge in [0.05, 0.1) is 23.7 Å². The summed E-state index contributed by atoms with van der Waals surface area (Å²) < 4.78 is 28.1. The van der Waals surface area contributed by atoms with Gasteiger partial charge in [-0.05, 0) is 42.2 Å². The molecule has 0 radical (unpaired) electrons. The summed E-state index contributed by atoms with van der Waals surface area (Å²) in [4.78, 5) is 24.7. The number of nitrogens with one attached hydrogen (secondary N) is 1. The Morgan fingerprint density at radius 3 is 2.65 bits per heavy atom. The maximum Gasteiger partial charge on any atom is 0.259 e. The van der Waals surface area contributed by atoms with Crippen LogP contribution in [0.5, 0.6) is 0 Å². The van der Waals surface area contributed by atoms with E-state index >= 15 is 0 Å². The van der Waals surface area contributed by atoms with E-state index < -0.39 is 11.7 Å². The Bertz CT molecular complexity index is 1140. The van der Waals surface area contributed by atoms with E-state index in [1.807, 2.05) is 19.9 Å². The maximum absolute atomic E-state index is 14.3. The first-order valence-electron chi connectivity index (χ1n) is 9.74. The molecule has 1 N–H and O–H groups in total. The van der Waals surface area contributed by atoms with E-state index in [9.17, 15) is 13.6 Å². The van der Waals surface area contributed by atoms with E-state index in [0.29, 0.717) is 21.3 Å². The van der Waals surface area contributed by atoms with Crippen molar-refractivity contribution in [3.63, 3.8) is 0 Å². The Hall–Kier alpha value is -3.26. The van der Waals surface area contributed by atoms with Gasteiger partial charge in [0.1, 0.15) is 15.8 Å². The minimum absolute atomic E-state index is 0.0948. The fourth-order valence-corrected chi connectivity index (χ4v) is 3.86. The molecule has 0 aliphatic carbocycles. The van der Waals surface area contributed by atoms with Crippen molar-refractivity contribution >= 4 is 33.5 Å².